The highest BCUT2D eigenvalue weighted by molar-refractivity contribution is 5.98. The summed E-state index contributed by atoms with van der Waals surface area (Å²) in [5.41, 5.74) is 6.43. The van der Waals surface area contributed by atoms with Crippen LogP contribution in [0.3, 0.4) is 0 Å². The number of aryl methyl sites for hydroxylation is 1. The lowest BCUT2D eigenvalue weighted by Crippen LogP contribution is -2.41. The number of anilines is 1. The molecule has 3 N–H and O–H groups in total. The van der Waals surface area contributed by atoms with E-state index in [1.807, 2.05) is 0 Å². The normalized spacial score (nSPS) is 22.6. The van der Waals surface area contributed by atoms with Gasteiger partial charge in [0, 0.05) is 13.1 Å². The maximum atomic E-state index is 12.1. The third-order valence-electron chi connectivity index (χ3n) is 3.79. The minimum atomic E-state index is -0.115. The van der Waals surface area contributed by atoms with Crippen molar-refractivity contribution in [2.24, 2.45) is 12.5 Å². The average Bonchev–Trinajstić information content (AvgIpc) is 2.73. The van der Waals surface area contributed by atoms with Crippen LogP contribution in [0.25, 0.3) is 0 Å². The van der Waals surface area contributed by atoms with Crippen molar-refractivity contribution in [3.05, 3.63) is 11.8 Å². The molecule has 0 spiro atoms. The largest absolute Gasteiger partial charge is 0.383 e. The first-order valence-corrected chi connectivity index (χ1v) is 6.00. The van der Waals surface area contributed by atoms with Gasteiger partial charge in [-0.15, -0.1) is 0 Å². The molecule has 0 aromatic carbocycles. The van der Waals surface area contributed by atoms with E-state index in [-0.39, 0.29) is 17.4 Å². The Morgan fingerprint density at radius 2 is 2.35 bits per heavy atom. The van der Waals surface area contributed by atoms with E-state index in [0.29, 0.717) is 11.4 Å². The van der Waals surface area contributed by atoms with Crippen molar-refractivity contribution in [1.29, 1.82) is 0 Å². The average molecular weight is 236 g/mol. The van der Waals surface area contributed by atoms with Gasteiger partial charge in [0.2, 0.25) is 0 Å². The number of nitrogens with zero attached hydrogens (tertiary/aromatic N) is 2. The standard InChI is InChI=1S/C12H20N4O/c1-12(2)6-4-5-9(12)15-11(17)8-7-14-16(3)10(8)13/h7,9H,4-6,13H2,1-3H3,(H,15,17). The Hall–Kier alpha value is -1.52. The van der Waals surface area contributed by atoms with Gasteiger partial charge in [0.1, 0.15) is 11.4 Å². The molecule has 1 aliphatic rings. The first kappa shape index (κ1) is 12.0. The minimum absolute atomic E-state index is 0.115. The Labute approximate surface area is 101 Å². The van der Waals surface area contributed by atoms with Gasteiger partial charge in [-0.1, -0.05) is 20.3 Å². The highest BCUT2D eigenvalue weighted by Gasteiger charge is 2.35. The molecule has 1 saturated carbocycles. The second-order valence-corrected chi connectivity index (χ2v) is 5.47. The van der Waals surface area contributed by atoms with Crippen LogP contribution in [0.4, 0.5) is 5.82 Å². The Kier molecular flexibility index (Phi) is 2.85. The molecular formula is C12H20N4O. The number of nitrogens with two attached hydrogens (primary N) is 1. The summed E-state index contributed by atoms with van der Waals surface area (Å²) in [7, 11) is 1.73. The van der Waals surface area contributed by atoms with Gasteiger partial charge >= 0.3 is 0 Å². The van der Waals surface area contributed by atoms with Crippen LogP contribution in [0, 0.1) is 5.41 Å². The SMILES string of the molecule is Cn1ncc(C(=O)NC2CCCC2(C)C)c1N. The monoisotopic (exact) mass is 236 g/mol. The molecule has 1 atom stereocenters. The van der Waals surface area contributed by atoms with Crippen molar-refractivity contribution >= 4 is 11.7 Å². The Morgan fingerprint density at radius 1 is 1.65 bits per heavy atom. The molecule has 0 radical (unpaired) electrons. The van der Waals surface area contributed by atoms with Crippen LogP contribution < -0.4 is 11.1 Å². The molecule has 1 unspecified atom stereocenters. The maximum Gasteiger partial charge on any atom is 0.256 e. The minimum Gasteiger partial charge on any atom is -0.383 e. The number of rotatable bonds is 2. The number of hydrogen-bond donors (Lipinski definition) is 2. The van der Waals surface area contributed by atoms with Gasteiger partial charge in [0.15, 0.2) is 0 Å². The third kappa shape index (κ3) is 2.14. The maximum absolute atomic E-state index is 12.1. The van der Waals surface area contributed by atoms with Gasteiger partial charge in [-0.25, -0.2) is 0 Å². The van der Waals surface area contributed by atoms with Crippen LogP contribution in [-0.4, -0.2) is 21.7 Å². The summed E-state index contributed by atoms with van der Waals surface area (Å²) in [4.78, 5) is 12.1. The van der Waals surface area contributed by atoms with E-state index in [4.69, 9.17) is 5.73 Å². The fraction of sp³-hybridized carbons (Fsp3) is 0.667. The van der Waals surface area contributed by atoms with Crippen LogP contribution in [0.2, 0.25) is 0 Å². The molecule has 1 fully saturated rings. The number of hydrogen-bond acceptors (Lipinski definition) is 3. The highest BCUT2D eigenvalue weighted by atomic mass is 16.1. The van der Waals surface area contributed by atoms with E-state index in [0.717, 1.165) is 12.8 Å². The molecule has 1 amide bonds. The predicted octanol–water partition coefficient (Wildman–Crippen LogP) is 1.31. The van der Waals surface area contributed by atoms with E-state index in [1.54, 1.807) is 7.05 Å². The summed E-state index contributed by atoms with van der Waals surface area (Å²) in [5.74, 6) is 0.300. The molecule has 17 heavy (non-hydrogen) atoms. The van der Waals surface area contributed by atoms with Crippen LogP contribution in [0.15, 0.2) is 6.20 Å². The van der Waals surface area contributed by atoms with Crippen LogP contribution in [0.5, 0.6) is 0 Å². The Morgan fingerprint density at radius 3 is 2.82 bits per heavy atom. The van der Waals surface area contributed by atoms with Crippen molar-refractivity contribution in [3.8, 4) is 0 Å². The molecule has 1 aromatic rings. The lowest BCUT2D eigenvalue weighted by Gasteiger charge is -2.27. The highest BCUT2D eigenvalue weighted by Crippen LogP contribution is 2.37. The molecule has 94 valence electrons. The number of amides is 1. The van der Waals surface area contributed by atoms with Gasteiger partial charge in [-0.05, 0) is 18.3 Å². The number of nitrogens with one attached hydrogen (secondary N) is 1. The first-order valence-electron chi connectivity index (χ1n) is 6.00. The molecule has 5 nitrogen and oxygen atoms in total. The second kappa shape index (κ2) is 4.05. The van der Waals surface area contributed by atoms with Gasteiger partial charge in [-0.3, -0.25) is 9.48 Å². The second-order valence-electron chi connectivity index (χ2n) is 5.47. The molecule has 1 aliphatic carbocycles. The van der Waals surface area contributed by atoms with Gasteiger partial charge < -0.3 is 11.1 Å². The molecule has 2 rings (SSSR count). The van der Waals surface area contributed by atoms with Crippen molar-refractivity contribution in [3.63, 3.8) is 0 Å². The number of carbonyl (C=O) groups is 1. The van der Waals surface area contributed by atoms with Crippen molar-refractivity contribution in [1.82, 2.24) is 15.1 Å². The fourth-order valence-corrected chi connectivity index (χ4v) is 2.45. The first-order chi connectivity index (χ1) is 7.92. The van der Waals surface area contributed by atoms with Crippen LogP contribution in [-0.2, 0) is 7.05 Å². The fourth-order valence-electron chi connectivity index (χ4n) is 2.45. The summed E-state index contributed by atoms with van der Waals surface area (Å²) in [6, 6.07) is 0.231. The molecular weight excluding hydrogens is 216 g/mol. The van der Waals surface area contributed by atoms with E-state index in [1.165, 1.54) is 17.3 Å². The molecule has 0 aliphatic heterocycles. The van der Waals surface area contributed by atoms with Gasteiger partial charge in [-0.2, -0.15) is 5.10 Å². The van der Waals surface area contributed by atoms with E-state index >= 15 is 0 Å². The zero-order valence-electron chi connectivity index (χ0n) is 10.7. The lowest BCUT2D eigenvalue weighted by molar-refractivity contribution is 0.0911. The Balaban J connectivity index is 2.10. The number of aromatic nitrogens is 2. The van der Waals surface area contributed by atoms with E-state index in [9.17, 15) is 4.79 Å². The summed E-state index contributed by atoms with van der Waals surface area (Å²) in [5, 5.41) is 7.05. The van der Waals surface area contributed by atoms with Crippen LogP contribution in [0.1, 0.15) is 43.5 Å². The summed E-state index contributed by atoms with van der Waals surface area (Å²) >= 11 is 0. The molecule has 1 aromatic heterocycles. The lowest BCUT2D eigenvalue weighted by atomic mass is 9.87. The summed E-state index contributed by atoms with van der Waals surface area (Å²) in [6.07, 6.45) is 4.88. The summed E-state index contributed by atoms with van der Waals surface area (Å²) in [6.45, 7) is 4.38. The van der Waals surface area contributed by atoms with E-state index in [2.05, 4.69) is 24.3 Å². The van der Waals surface area contributed by atoms with Crippen molar-refractivity contribution in [2.75, 3.05) is 5.73 Å². The zero-order chi connectivity index (χ0) is 12.6. The zero-order valence-corrected chi connectivity index (χ0v) is 10.7. The van der Waals surface area contributed by atoms with Crippen molar-refractivity contribution in [2.45, 2.75) is 39.2 Å². The Bertz CT molecular complexity index is 436. The summed E-state index contributed by atoms with van der Waals surface area (Å²) < 4.78 is 1.51. The smallest absolute Gasteiger partial charge is 0.256 e. The van der Waals surface area contributed by atoms with Gasteiger partial charge in [0.05, 0.1) is 6.20 Å². The predicted molar refractivity (Wildman–Crippen MR) is 66.5 cm³/mol. The van der Waals surface area contributed by atoms with Crippen molar-refractivity contribution < 1.29 is 4.79 Å². The quantitative estimate of drug-likeness (QED) is 0.813. The number of nitrogen functional groups attached to an aromatic ring is 1. The molecule has 1 heterocycles. The topological polar surface area (TPSA) is 72.9 Å². The van der Waals surface area contributed by atoms with Crippen LogP contribution >= 0.6 is 0 Å². The third-order valence-corrected chi connectivity index (χ3v) is 3.79. The van der Waals surface area contributed by atoms with Gasteiger partial charge in [0.25, 0.3) is 5.91 Å². The number of carbonyl (C=O) groups excluding carboxylic acids is 1. The molecule has 0 bridgehead atoms. The molecule has 0 saturated heterocycles. The molecule has 5 heteroatoms. The van der Waals surface area contributed by atoms with E-state index < -0.39 is 0 Å².